The van der Waals surface area contributed by atoms with Crippen LogP contribution in [-0.4, -0.2) is 29.8 Å². The summed E-state index contributed by atoms with van der Waals surface area (Å²) in [6, 6.07) is 47.7. The zero-order chi connectivity index (χ0) is 32.9. The second-order valence-electron chi connectivity index (χ2n) is 11.6. The molecule has 5 rings (SSSR count). The molecule has 5 aromatic rings. The lowest BCUT2D eigenvalue weighted by Gasteiger charge is -2.33. The molecule has 0 radical (unpaired) electrons. The van der Waals surface area contributed by atoms with Gasteiger partial charge in [-0.1, -0.05) is 154 Å². The van der Waals surface area contributed by atoms with E-state index in [1.807, 2.05) is 72.8 Å². The van der Waals surface area contributed by atoms with Gasteiger partial charge in [0.1, 0.15) is 6.04 Å². The first-order valence-electron chi connectivity index (χ1n) is 16.6. The first kappa shape index (κ1) is 33.6. The predicted molar refractivity (Wildman–Crippen MR) is 197 cm³/mol. The van der Waals surface area contributed by atoms with Gasteiger partial charge in [-0.05, 0) is 31.0 Å². The minimum atomic E-state index is -2.64. The average molecular weight is 642 g/mol. The first-order chi connectivity index (χ1) is 23.1. The summed E-state index contributed by atoms with van der Waals surface area (Å²) in [7, 11) is -2.64. The van der Waals surface area contributed by atoms with Crippen molar-refractivity contribution in [2.24, 2.45) is 4.74 Å². The standard InChI is InChI=1S/C41H44N3O2P/c1-3-5-31-42-40(45)39(44(32-6-4-2)41(46)33-21-11-7-12-22-33)37-29-19-20-30-38(37)43-47(34-23-13-8-14-24-34,35-25-15-9-16-26-35)36-27-17-10-18-28-36/h7-30,39H,3-6,31-32H2,1-2H3,(H,42,45). The highest BCUT2D eigenvalue weighted by molar-refractivity contribution is 7.87. The van der Waals surface area contributed by atoms with Crippen LogP contribution in [0.5, 0.6) is 0 Å². The van der Waals surface area contributed by atoms with E-state index in [2.05, 4.69) is 92.0 Å². The van der Waals surface area contributed by atoms with Crippen LogP contribution in [-0.2, 0) is 4.79 Å². The van der Waals surface area contributed by atoms with E-state index in [9.17, 15) is 9.59 Å². The third-order valence-corrected chi connectivity index (χ3v) is 12.0. The Bertz CT molecular complexity index is 1670. The molecule has 240 valence electrons. The summed E-state index contributed by atoms with van der Waals surface area (Å²) in [5, 5.41) is 6.50. The third kappa shape index (κ3) is 7.81. The molecule has 1 atom stereocenters. The van der Waals surface area contributed by atoms with E-state index in [0.29, 0.717) is 29.9 Å². The Balaban J connectivity index is 1.80. The molecule has 0 aromatic heterocycles. The summed E-state index contributed by atoms with van der Waals surface area (Å²) in [5.74, 6) is -0.357. The topological polar surface area (TPSA) is 61.8 Å². The molecule has 47 heavy (non-hydrogen) atoms. The Morgan fingerprint density at radius 2 is 1.11 bits per heavy atom. The molecule has 0 fully saturated rings. The van der Waals surface area contributed by atoms with E-state index in [4.69, 9.17) is 4.74 Å². The first-order valence-corrected chi connectivity index (χ1v) is 18.4. The highest BCUT2D eigenvalue weighted by Crippen LogP contribution is 2.50. The Morgan fingerprint density at radius 3 is 1.62 bits per heavy atom. The molecule has 5 nitrogen and oxygen atoms in total. The van der Waals surface area contributed by atoms with Crippen molar-refractivity contribution in [1.82, 2.24) is 10.2 Å². The van der Waals surface area contributed by atoms with Gasteiger partial charge in [0.25, 0.3) is 5.91 Å². The van der Waals surface area contributed by atoms with Crippen molar-refractivity contribution in [2.75, 3.05) is 13.1 Å². The van der Waals surface area contributed by atoms with Crippen LogP contribution < -0.4 is 21.2 Å². The van der Waals surface area contributed by atoms with E-state index in [1.54, 1.807) is 4.90 Å². The van der Waals surface area contributed by atoms with Gasteiger partial charge < -0.3 is 10.2 Å². The molecular formula is C41H44N3O2P. The molecule has 0 spiro atoms. The lowest BCUT2D eigenvalue weighted by Crippen LogP contribution is -2.44. The van der Waals surface area contributed by atoms with Crippen LogP contribution in [0.1, 0.15) is 61.5 Å². The third-order valence-electron chi connectivity index (χ3n) is 8.30. The highest BCUT2D eigenvalue weighted by atomic mass is 31.2. The minimum Gasteiger partial charge on any atom is -0.354 e. The van der Waals surface area contributed by atoms with Crippen LogP contribution in [0.25, 0.3) is 0 Å². The molecule has 6 heteroatoms. The maximum absolute atomic E-state index is 14.3. The van der Waals surface area contributed by atoms with Crippen molar-refractivity contribution in [3.63, 3.8) is 0 Å². The Morgan fingerprint density at radius 1 is 0.638 bits per heavy atom. The summed E-state index contributed by atoms with van der Waals surface area (Å²) < 4.78 is 5.79. The number of hydrogen-bond acceptors (Lipinski definition) is 3. The van der Waals surface area contributed by atoms with E-state index in [1.165, 1.54) is 0 Å². The van der Waals surface area contributed by atoms with Crippen LogP contribution in [0.3, 0.4) is 0 Å². The second kappa shape index (κ2) is 16.7. The van der Waals surface area contributed by atoms with Crippen LogP contribution in [0.15, 0.2) is 150 Å². The van der Waals surface area contributed by atoms with Crippen LogP contribution >= 0.6 is 7.05 Å². The van der Waals surface area contributed by atoms with Gasteiger partial charge in [-0.15, -0.1) is 0 Å². The summed E-state index contributed by atoms with van der Waals surface area (Å²) in [6.07, 6.45) is 3.47. The number of amides is 2. The van der Waals surface area contributed by atoms with Crippen molar-refractivity contribution in [3.05, 3.63) is 157 Å². The summed E-state index contributed by atoms with van der Waals surface area (Å²) in [5.41, 5.74) is 1.98. The number of carbonyl (C=O) groups is 2. The van der Waals surface area contributed by atoms with Crippen LogP contribution in [0.4, 0.5) is 5.69 Å². The van der Waals surface area contributed by atoms with Crippen molar-refractivity contribution in [1.29, 1.82) is 0 Å². The summed E-state index contributed by atoms with van der Waals surface area (Å²) in [6.45, 7) is 5.19. The maximum Gasteiger partial charge on any atom is 0.254 e. The lowest BCUT2D eigenvalue weighted by molar-refractivity contribution is -0.126. The molecule has 0 aliphatic heterocycles. The number of unbranched alkanes of at least 4 members (excludes halogenated alkanes) is 2. The zero-order valence-corrected chi connectivity index (χ0v) is 28.2. The number of hydrogen-bond donors (Lipinski definition) is 1. The van der Waals surface area contributed by atoms with Crippen LogP contribution in [0.2, 0.25) is 0 Å². The van der Waals surface area contributed by atoms with E-state index in [-0.39, 0.29) is 11.8 Å². The lowest BCUT2D eigenvalue weighted by atomic mass is 10.00. The Kier molecular flexibility index (Phi) is 12.0. The molecule has 5 aromatic carbocycles. The minimum absolute atomic E-state index is 0.167. The largest absolute Gasteiger partial charge is 0.354 e. The second-order valence-corrected chi connectivity index (χ2v) is 14.6. The molecule has 0 aliphatic rings. The molecule has 0 aliphatic carbocycles. The zero-order valence-electron chi connectivity index (χ0n) is 27.3. The fraction of sp³-hybridized carbons (Fsp3) is 0.220. The Labute approximate surface area is 279 Å². The summed E-state index contributed by atoms with van der Waals surface area (Å²) >= 11 is 0. The van der Waals surface area contributed by atoms with Crippen LogP contribution in [0, 0.1) is 0 Å². The Hall–Kier alpha value is -4.73. The quantitative estimate of drug-likeness (QED) is 0.0978. The van der Waals surface area contributed by atoms with Gasteiger partial charge in [-0.25, -0.2) is 0 Å². The van der Waals surface area contributed by atoms with E-state index < -0.39 is 13.1 Å². The van der Waals surface area contributed by atoms with Gasteiger partial charge in [0.15, 0.2) is 0 Å². The number of nitrogens with one attached hydrogen (secondary N) is 1. The number of carbonyl (C=O) groups excluding carboxylic acids is 2. The SMILES string of the molecule is CCCCNC(=O)C(c1ccccc1N=P(c1ccccc1)(c1ccccc1)c1ccccc1)N(CCCC)C(=O)c1ccccc1. The van der Waals surface area contributed by atoms with Gasteiger partial charge in [0.05, 0.1) is 12.7 Å². The fourth-order valence-electron chi connectivity index (χ4n) is 5.88. The molecule has 1 unspecified atom stereocenters. The number of nitrogens with zero attached hydrogens (tertiary/aromatic N) is 2. The predicted octanol–water partition coefficient (Wildman–Crippen LogP) is 8.40. The van der Waals surface area contributed by atoms with Gasteiger partial charge >= 0.3 is 0 Å². The molecule has 1 N–H and O–H groups in total. The highest BCUT2D eigenvalue weighted by Gasteiger charge is 2.35. The van der Waals surface area contributed by atoms with E-state index >= 15 is 0 Å². The van der Waals surface area contributed by atoms with Gasteiger partial charge in [-0.3, -0.25) is 14.3 Å². The smallest absolute Gasteiger partial charge is 0.254 e. The van der Waals surface area contributed by atoms with Crippen molar-refractivity contribution in [2.45, 2.75) is 45.6 Å². The molecule has 0 heterocycles. The monoisotopic (exact) mass is 641 g/mol. The van der Waals surface area contributed by atoms with Gasteiger partial charge in [0, 0.05) is 40.1 Å². The van der Waals surface area contributed by atoms with Crippen molar-refractivity contribution < 1.29 is 9.59 Å². The maximum atomic E-state index is 14.3. The number of benzene rings is 5. The fourth-order valence-corrected chi connectivity index (χ4v) is 9.44. The molecule has 0 bridgehead atoms. The normalized spacial score (nSPS) is 11.8. The van der Waals surface area contributed by atoms with Gasteiger partial charge in [0.2, 0.25) is 5.91 Å². The molecule has 2 amide bonds. The van der Waals surface area contributed by atoms with Gasteiger partial charge in [-0.2, -0.15) is 0 Å². The molecule has 0 saturated carbocycles. The molecule has 0 saturated heterocycles. The average Bonchev–Trinajstić information content (AvgIpc) is 3.14. The summed E-state index contributed by atoms with van der Waals surface area (Å²) in [4.78, 5) is 30.4. The van der Waals surface area contributed by atoms with E-state index in [0.717, 1.165) is 41.6 Å². The molecular weight excluding hydrogens is 597 g/mol. The van der Waals surface area contributed by atoms with Crippen molar-refractivity contribution >= 4 is 40.5 Å². The number of rotatable bonds is 14. The van der Waals surface area contributed by atoms with Crippen molar-refractivity contribution in [3.8, 4) is 0 Å².